The first-order chi connectivity index (χ1) is 9.38. The molecule has 0 unspecified atom stereocenters. The van der Waals surface area contributed by atoms with E-state index in [1.165, 1.54) is 25.5 Å². The number of rotatable bonds is 3. The van der Waals surface area contributed by atoms with E-state index in [2.05, 4.69) is 36.2 Å². The van der Waals surface area contributed by atoms with E-state index in [0.717, 1.165) is 0 Å². The van der Waals surface area contributed by atoms with Crippen LogP contribution in [0.4, 0.5) is 19.0 Å². The molecule has 9 heteroatoms. The lowest BCUT2D eigenvalue weighted by atomic mass is 10.4. The molecule has 0 radical (unpaired) electrons. The van der Waals surface area contributed by atoms with E-state index in [1.807, 2.05) is 0 Å². The summed E-state index contributed by atoms with van der Waals surface area (Å²) in [4.78, 5) is 10.5. The van der Waals surface area contributed by atoms with Gasteiger partial charge in [-0.05, 0) is 22.0 Å². The molecule has 106 valence electrons. The molecule has 0 atom stereocenters. The van der Waals surface area contributed by atoms with E-state index in [4.69, 9.17) is 4.74 Å². The Morgan fingerprint density at radius 3 is 2.55 bits per heavy atom. The number of hydrogen-bond donors (Lipinski definition) is 1. The predicted octanol–water partition coefficient (Wildman–Crippen LogP) is 3.49. The summed E-state index contributed by atoms with van der Waals surface area (Å²) in [5, 5.41) is 2.52. The van der Waals surface area contributed by atoms with E-state index in [9.17, 15) is 13.2 Å². The van der Waals surface area contributed by atoms with Gasteiger partial charge < -0.3 is 10.1 Å². The Labute approximate surface area is 120 Å². The molecule has 0 aliphatic carbocycles. The normalized spacial score (nSPS) is 11.2. The number of halogens is 4. The van der Waals surface area contributed by atoms with E-state index in [0.29, 0.717) is 4.47 Å². The van der Waals surface area contributed by atoms with Crippen LogP contribution in [0, 0.1) is 0 Å². The molecule has 0 aliphatic rings. The summed E-state index contributed by atoms with van der Waals surface area (Å²) in [5.41, 5.74) is 0. The average Bonchev–Trinajstić information content (AvgIpc) is 2.37. The molecule has 1 N–H and O–H groups in total. The summed E-state index contributed by atoms with van der Waals surface area (Å²) < 4.78 is 43.9. The summed E-state index contributed by atoms with van der Waals surface area (Å²) in [6.07, 6.45) is -1.77. The molecule has 2 aromatic rings. The standard InChI is InChI=1S/C11H8BrF3N4O/c1-16-8-3-9(19-10(18-8)11(13,14)15)20-7-2-6(12)4-17-5-7/h2-5H,1H3,(H,16,18,19). The number of nitrogens with zero attached hydrogens (tertiary/aromatic N) is 3. The highest BCUT2D eigenvalue weighted by Gasteiger charge is 2.35. The molecule has 0 spiro atoms. The molecule has 0 amide bonds. The Bertz CT molecular complexity index is 621. The minimum atomic E-state index is -4.65. The van der Waals surface area contributed by atoms with Gasteiger partial charge in [0, 0.05) is 23.8 Å². The quantitative estimate of drug-likeness (QED) is 0.919. The fourth-order valence-corrected chi connectivity index (χ4v) is 1.64. The van der Waals surface area contributed by atoms with E-state index < -0.39 is 12.0 Å². The maximum absolute atomic E-state index is 12.7. The summed E-state index contributed by atoms with van der Waals surface area (Å²) in [5.74, 6) is -1.24. The molecule has 2 heterocycles. The van der Waals surface area contributed by atoms with Crippen LogP contribution >= 0.6 is 15.9 Å². The second-order valence-corrected chi connectivity index (χ2v) is 4.52. The van der Waals surface area contributed by atoms with Gasteiger partial charge in [0.2, 0.25) is 11.7 Å². The first kappa shape index (κ1) is 14.5. The van der Waals surface area contributed by atoms with Crippen LogP contribution in [-0.2, 0) is 6.18 Å². The van der Waals surface area contributed by atoms with Crippen LogP contribution in [0.1, 0.15) is 5.82 Å². The van der Waals surface area contributed by atoms with E-state index in [-0.39, 0.29) is 17.4 Å². The number of aromatic nitrogens is 3. The Balaban J connectivity index is 2.36. The SMILES string of the molecule is CNc1cc(Oc2cncc(Br)c2)nc(C(F)(F)F)n1. The van der Waals surface area contributed by atoms with Crippen LogP contribution in [0.25, 0.3) is 0 Å². The van der Waals surface area contributed by atoms with E-state index >= 15 is 0 Å². The number of hydrogen-bond acceptors (Lipinski definition) is 5. The highest BCUT2D eigenvalue weighted by Crippen LogP contribution is 2.30. The number of pyridine rings is 1. The summed E-state index contributed by atoms with van der Waals surface area (Å²) in [6, 6.07) is 2.82. The Morgan fingerprint density at radius 2 is 1.95 bits per heavy atom. The van der Waals surface area contributed by atoms with Crippen LogP contribution in [-0.4, -0.2) is 22.0 Å². The monoisotopic (exact) mass is 348 g/mol. The zero-order valence-corrected chi connectivity index (χ0v) is 11.7. The third-order valence-corrected chi connectivity index (χ3v) is 2.55. The molecule has 0 aliphatic heterocycles. The topological polar surface area (TPSA) is 59.9 Å². The highest BCUT2D eigenvalue weighted by molar-refractivity contribution is 9.10. The van der Waals surface area contributed by atoms with Gasteiger partial charge in [-0.2, -0.15) is 18.2 Å². The van der Waals surface area contributed by atoms with Crippen molar-refractivity contribution in [2.24, 2.45) is 0 Å². The average molecular weight is 349 g/mol. The van der Waals surface area contributed by atoms with Crippen molar-refractivity contribution in [3.8, 4) is 11.6 Å². The number of nitrogens with one attached hydrogen (secondary N) is 1. The Hall–Kier alpha value is -1.90. The highest BCUT2D eigenvalue weighted by atomic mass is 79.9. The third kappa shape index (κ3) is 3.56. The van der Waals surface area contributed by atoms with Crippen LogP contribution in [0.3, 0.4) is 0 Å². The zero-order valence-electron chi connectivity index (χ0n) is 10.1. The van der Waals surface area contributed by atoms with Gasteiger partial charge in [-0.3, -0.25) is 4.98 Å². The fourth-order valence-electron chi connectivity index (χ4n) is 1.30. The van der Waals surface area contributed by atoms with E-state index in [1.54, 1.807) is 6.07 Å². The van der Waals surface area contributed by atoms with Crippen molar-refractivity contribution in [2.45, 2.75) is 6.18 Å². The van der Waals surface area contributed by atoms with Gasteiger partial charge in [0.05, 0.1) is 6.20 Å². The molecular weight excluding hydrogens is 341 g/mol. The molecule has 5 nitrogen and oxygen atoms in total. The molecule has 2 aromatic heterocycles. The second kappa shape index (κ2) is 5.61. The predicted molar refractivity (Wildman–Crippen MR) is 68.6 cm³/mol. The molecule has 0 aromatic carbocycles. The molecule has 20 heavy (non-hydrogen) atoms. The molecule has 0 saturated carbocycles. The lowest BCUT2D eigenvalue weighted by Gasteiger charge is -2.10. The van der Waals surface area contributed by atoms with Gasteiger partial charge in [-0.1, -0.05) is 0 Å². The molecule has 2 rings (SSSR count). The van der Waals surface area contributed by atoms with Crippen LogP contribution in [0.5, 0.6) is 11.6 Å². The maximum Gasteiger partial charge on any atom is 0.451 e. The summed E-state index contributed by atoms with van der Waals surface area (Å²) in [7, 11) is 1.45. The minimum absolute atomic E-state index is 0.00489. The molecular formula is C11H8BrF3N4O. The van der Waals surface area contributed by atoms with Crippen molar-refractivity contribution in [1.29, 1.82) is 0 Å². The van der Waals surface area contributed by atoms with Crippen molar-refractivity contribution < 1.29 is 17.9 Å². The molecule has 0 bridgehead atoms. The van der Waals surface area contributed by atoms with Crippen molar-refractivity contribution >= 4 is 21.7 Å². The molecule has 0 saturated heterocycles. The van der Waals surface area contributed by atoms with Gasteiger partial charge in [-0.25, -0.2) is 4.98 Å². The van der Waals surface area contributed by atoms with Crippen LogP contribution < -0.4 is 10.1 Å². The largest absolute Gasteiger partial charge is 0.451 e. The van der Waals surface area contributed by atoms with Gasteiger partial charge in [0.25, 0.3) is 0 Å². The van der Waals surface area contributed by atoms with Gasteiger partial charge in [0.15, 0.2) is 0 Å². The lowest BCUT2D eigenvalue weighted by molar-refractivity contribution is -0.145. The second-order valence-electron chi connectivity index (χ2n) is 3.60. The Morgan fingerprint density at radius 1 is 1.20 bits per heavy atom. The van der Waals surface area contributed by atoms with Crippen molar-refractivity contribution in [3.63, 3.8) is 0 Å². The number of alkyl halides is 3. The van der Waals surface area contributed by atoms with Gasteiger partial charge >= 0.3 is 6.18 Å². The van der Waals surface area contributed by atoms with Crippen molar-refractivity contribution in [3.05, 3.63) is 34.8 Å². The van der Waals surface area contributed by atoms with Gasteiger partial charge in [-0.15, -0.1) is 0 Å². The third-order valence-electron chi connectivity index (χ3n) is 2.11. The number of ether oxygens (including phenoxy) is 1. The zero-order chi connectivity index (χ0) is 14.8. The summed E-state index contributed by atoms with van der Waals surface area (Å²) >= 11 is 3.18. The fraction of sp³-hybridized carbons (Fsp3) is 0.182. The molecule has 0 fully saturated rings. The number of anilines is 1. The van der Waals surface area contributed by atoms with Crippen LogP contribution in [0.2, 0.25) is 0 Å². The van der Waals surface area contributed by atoms with Gasteiger partial charge in [0.1, 0.15) is 11.6 Å². The van der Waals surface area contributed by atoms with Crippen LogP contribution in [0.15, 0.2) is 29.0 Å². The lowest BCUT2D eigenvalue weighted by Crippen LogP contribution is -2.12. The smallest absolute Gasteiger partial charge is 0.437 e. The maximum atomic E-state index is 12.7. The van der Waals surface area contributed by atoms with Crippen molar-refractivity contribution in [2.75, 3.05) is 12.4 Å². The summed E-state index contributed by atoms with van der Waals surface area (Å²) in [6.45, 7) is 0. The minimum Gasteiger partial charge on any atom is -0.437 e. The first-order valence-corrected chi connectivity index (χ1v) is 6.10. The first-order valence-electron chi connectivity index (χ1n) is 5.31. The van der Waals surface area contributed by atoms with Crippen molar-refractivity contribution in [1.82, 2.24) is 15.0 Å². The Kier molecular flexibility index (Phi) is 4.07.